The number of Topliss-reactive ketones (excluding diaryl/α,β-unsaturated/α-hetero) is 1. The normalized spacial score (nSPS) is 21.1. The van der Waals surface area contributed by atoms with E-state index < -0.39 is 5.92 Å². The van der Waals surface area contributed by atoms with Crippen molar-refractivity contribution in [1.29, 1.82) is 0 Å². The average Bonchev–Trinajstić information content (AvgIpc) is 2.73. The van der Waals surface area contributed by atoms with Crippen LogP contribution in [0.5, 0.6) is 5.75 Å². The van der Waals surface area contributed by atoms with Crippen LogP contribution in [0.25, 0.3) is 0 Å². The second kappa shape index (κ2) is 8.14. The number of ketones is 1. The molecule has 4 rings (SSSR count). The van der Waals surface area contributed by atoms with E-state index in [-0.39, 0.29) is 17.6 Å². The van der Waals surface area contributed by atoms with Crippen molar-refractivity contribution in [3.8, 4) is 5.75 Å². The predicted octanol–water partition coefficient (Wildman–Crippen LogP) is 3.94. The Bertz CT molecular complexity index is 1040. The maximum Gasteiger partial charge on any atom is 0.255 e. The number of anilines is 1. The van der Waals surface area contributed by atoms with E-state index in [4.69, 9.17) is 4.74 Å². The lowest BCUT2D eigenvalue weighted by Crippen LogP contribution is -2.37. The summed E-state index contributed by atoms with van der Waals surface area (Å²) in [6.45, 7) is 3.96. The van der Waals surface area contributed by atoms with Gasteiger partial charge in [-0.05, 0) is 49.1 Å². The number of amides is 1. The second-order valence-electron chi connectivity index (χ2n) is 7.87. The number of nitrogens with one attached hydrogen (secondary N) is 2. The molecule has 0 bridgehead atoms. The smallest absolute Gasteiger partial charge is 0.255 e. The molecule has 0 fully saturated rings. The number of methoxy groups -OCH3 is 1. The quantitative estimate of drug-likeness (QED) is 0.808. The Balaban J connectivity index is 1.79. The lowest BCUT2D eigenvalue weighted by atomic mass is 9.73. The lowest BCUT2D eigenvalue weighted by Gasteiger charge is -2.36. The number of rotatable bonds is 4. The van der Waals surface area contributed by atoms with Gasteiger partial charge in [-0.15, -0.1) is 0 Å². The lowest BCUT2D eigenvalue weighted by molar-refractivity contribution is -0.117. The third kappa shape index (κ3) is 3.73. The van der Waals surface area contributed by atoms with Crippen LogP contribution in [0.2, 0.25) is 0 Å². The summed E-state index contributed by atoms with van der Waals surface area (Å²) < 4.78 is 5.28. The van der Waals surface area contributed by atoms with Gasteiger partial charge in [0.05, 0.1) is 7.11 Å². The van der Waals surface area contributed by atoms with E-state index in [0.717, 1.165) is 29.1 Å². The first-order chi connectivity index (χ1) is 14.5. The van der Waals surface area contributed by atoms with Crippen LogP contribution >= 0.6 is 0 Å². The van der Waals surface area contributed by atoms with Crippen molar-refractivity contribution in [3.63, 3.8) is 0 Å². The number of ether oxygens (including phenoxy) is 1. The van der Waals surface area contributed by atoms with Crippen LogP contribution in [0.15, 0.2) is 71.2 Å². The molecule has 30 heavy (non-hydrogen) atoms. The molecule has 2 heterocycles. The Labute approximate surface area is 176 Å². The zero-order chi connectivity index (χ0) is 21.3. The molecule has 0 saturated carbocycles. The highest BCUT2D eigenvalue weighted by atomic mass is 16.5. The molecular weight excluding hydrogens is 378 g/mol. The van der Waals surface area contributed by atoms with Crippen LogP contribution in [0.1, 0.15) is 38.2 Å². The van der Waals surface area contributed by atoms with Gasteiger partial charge < -0.3 is 15.4 Å². The van der Waals surface area contributed by atoms with E-state index in [2.05, 4.69) is 22.5 Å². The van der Waals surface area contributed by atoms with Gasteiger partial charge >= 0.3 is 0 Å². The first kappa shape index (κ1) is 19.9. The summed E-state index contributed by atoms with van der Waals surface area (Å²) >= 11 is 0. The number of aromatic nitrogens is 1. The van der Waals surface area contributed by atoms with Crippen LogP contribution in [-0.4, -0.2) is 23.8 Å². The van der Waals surface area contributed by atoms with Gasteiger partial charge in [0.1, 0.15) is 11.6 Å². The molecule has 6 nitrogen and oxygen atoms in total. The summed E-state index contributed by atoms with van der Waals surface area (Å²) in [5.74, 6) is 0.864. The van der Waals surface area contributed by atoms with Crippen molar-refractivity contribution in [2.75, 3.05) is 12.4 Å². The summed E-state index contributed by atoms with van der Waals surface area (Å²) in [5, 5.41) is 6.23. The average molecular weight is 403 g/mol. The minimum atomic E-state index is -0.434. The Hall–Kier alpha value is -3.41. The Morgan fingerprint density at radius 3 is 2.60 bits per heavy atom. The van der Waals surface area contributed by atoms with Gasteiger partial charge in [0.2, 0.25) is 0 Å². The third-order valence-corrected chi connectivity index (χ3v) is 5.63. The molecule has 1 aliphatic heterocycles. The molecule has 6 heteroatoms. The van der Waals surface area contributed by atoms with Crippen molar-refractivity contribution in [2.45, 2.75) is 32.6 Å². The largest absolute Gasteiger partial charge is 0.497 e. The molecule has 1 amide bonds. The van der Waals surface area contributed by atoms with E-state index in [1.54, 1.807) is 25.4 Å². The zero-order valence-corrected chi connectivity index (χ0v) is 17.4. The van der Waals surface area contributed by atoms with Crippen LogP contribution < -0.4 is 15.4 Å². The van der Waals surface area contributed by atoms with Crippen LogP contribution in [0.3, 0.4) is 0 Å². The molecule has 0 unspecified atom stereocenters. The third-order valence-electron chi connectivity index (χ3n) is 5.63. The molecule has 1 aromatic carbocycles. The van der Waals surface area contributed by atoms with Crippen LogP contribution in [-0.2, 0) is 9.59 Å². The topological polar surface area (TPSA) is 80.3 Å². The highest BCUT2D eigenvalue weighted by Crippen LogP contribution is 2.43. The fraction of sp³-hybridized carbons (Fsp3) is 0.292. The summed E-state index contributed by atoms with van der Waals surface area (Å²) in [6, 6.07) is 12.9. The molecule has 2 aliphatic rings. The Morgan fingerprint density at radius 2 is 1.93 bits per heavy atom. The molecule has 0 saturated heterocycles. The molecule has 154 valence electrons. The van der Waals surface area contributed by atoms with E-state index in [0.29, 0.717) is 23.4 Å². The maximum absolute atomic E-state index is 13.3. The minimum Gasteiger partial charge on any atom is -0.497 e. The number of allylic oxidation sites excluding steroid dienone is 3. The van der Waals surface area contributed by atoms with Gasteiger partial charge in [0, 0.05) is 41.1 Å². The van der Waals surface area contributed by atoms with E-state index >= 15 is 0 Å². The number of nitrogens with zero attached hydrogens (tertiary/aromatic N) is 1. The summed E-state index contributed by atoms with van der Waals surface area (Å²) in [6.07, 6.45) is 2.91. The molecule has 1 aliphatic carbocycles. The van der Waals surface area contributed by atoms with E-state index in [9.17, 15) is 9.59 Å². The molecule has 0 spiro atoms. The molecule has 2 aromatic rings. The van der Waals surface area contributed by atoms with Gasteiger partial charge in [-0.3, -0.25) is 9.59 Å². The Kier molecular flexibility index (Phi) is 5.40. The molecule has 0 radical (unpaired) electrons. The van der Waals surface area contributed by atoms with Crippen LogP contribution in [0, 0.1) is 5.92 Å². The molecule has 1 aromatic heterocycles. The number of dihydropyridines is 1. The summed E-state index contributed by atoms with van der Waals surface area (Å²) in [7, 11) is 1.61. The number of hydrogen-bond acceptors (Lipinski definition) is 5. The monoisotopic (exact) mass is 403 g/mol. The van der Waals surface area contributed by atoms with Gasteiger partial charge in [0.15, 0.2) is 5.78 Å². The zero-order valence-electron chi connectivity index (χ0n) is 17.4. The predicted molar refractivity (Wildman–Crippen MR) is 115 cm³/mol. The van der Waals surface area contributed by atoms with Crippen LogP contribution in [0.4, 0.5) is 5.82 Å². The fourth-order valence-corrected chi connectivity index (χ4v) is 4.28. The van der Waals surface area contributed by atoms with Crippen molar-refractivity contribution >= 4 is 17.5 Å². The number of benzene rings is 1. The highest BCUT2D eigenvalue weighted by Gasteiger charge is 2.39. The summed E-state index contributed by atoms with van der Waals surface area (Å²) in [5.41, 5.74) is 3.79. The van der Waals surface area contributed by atoms with Gasteiger partial charge in [-0.2, -0.15) is 0 Å². The maximum atomic E-state index is 13.3. The van der Waals surface area contributed by atoms with E-state index in [1.165, 1.54) is 0 Å². The highest BCUT2D eigenvalue weighted by molar-refractivity contribution is 6.09. The van der Waals surface area contributed by atoms with Crippen molar-refractivity contribution in [2.24, 2.45) is 5.92 Å². The SMILES string of the molecule is COc1ccc([C@@H]2C(C(=O)Nc3ccccn3)=C(C)NC3=C2C(=O)C[C@H](C)C3)cc1. The number of carbonyl (C=O) groups is 2. The van der Waals surface area contributed by atoms with Gasteiger partial charge in [-0.25, -0.2) is 4.98 Å². The molecular formula is C24H25N3O3. The number of carbonyl (C=O) groups excluding carboxylic acids is 2. The minimum absolute atomic E-state index is 0.0905. The van der Waals surface area contributed by atoms with Crippen molar-refractivity contribution < 1.29 is 14.3 Å². The van der Waals surface area contributed by atoms with Gasteiger partial charge in [-0.1, -0.05) is 25.1 Å². The van der Waals surface area contributed by atoms with Crippen molar-refractivity contribution in [3.05, 3.63) is 76.8 Å². The molecule has 2 atom stereocenters. The number of hydrogen-bond donors (Lipinski definition) is 2. The van der Waals surface area contributed by atoms with E-state index in [1.807, 2.05) is 37.3 Å². The fourth-order valence-electron chi connectivity index (χ4n) is 4.28. The first-order valence-corrected chi connectivity index (χ1v) is 10.1. The van der Waals surface area contributed by atoms with Crippen molar-refractivity contribution in [1.82, 2.24) is 10.3 Å². The second-order valence-corrected chi connectivity index (χ2v) is 7.87. The first-order valence-electron chi connectivity index (χ1n) is 10.1. The number of pyridine rings is 1. The summed E-state index contributed by atoms with van der Waals surface area (Å²) in [4.78, 5) is 30.6. The standard InChI is InChI=1S/C24H25N3O3/c1-14-12-18-23(19(28)13-14)22(16-7-9-17(30-3)10-8-16)21(15(2)26-18)24(29)27-20-6-4-5-11-25-20/h4-11,14,22,26H,12-13H2,1-3H3,(H,25,27,29)/t14-,22-/m1/s1. The van der Waals surface area contributed by atoms with Gasteiger partial charge in [0.25, 0.3) is 5.91 Å². The molecule has 2 N–H and O–H groups in total. The Morgan fingerprint density at radius 1 is 1.17 bits per heavy atom.